The van der Waals surface area contributed by atoms with Crippen LogP contribution in [0.3, 0.4) is 0 Å². The molecule has 0 radical (unpaired) electrons. The molecule has 1 saturated heterocycles. The van der Waals surface area contributed by atoms with Crippen LogP contribution in [0.2, 0.25) is 0 Å². The van der Waals surface area contributed by atoms with Crippen LogP contribution >= 0.6 is 0 Å². The molecule has 1 aliphatic rings. The first-order chi connectivity index (χ1) is 6.72. The number of carboxylic acids is 1. The van der Waals surface area contributed by atoms with E-state index in [1.54, 1.807) is 27.7 Å². The van der Waals surface area contributed by atoms with Crippen molar-refractivity contribution in [3.63, 3.8) is 0 Å². The minimum Gasteiger partial charge on any atom is -0.481 e. The summed E-state index contributed by atoms with van der Waals surface area (Å²) >= 11 is 0. The quantitative estimate of drug-likeness (QED) is 0.716. The van der Waals surface area contributed by atoms with Crippen molar-refractivity contribution in [1.82, 2.24) is 4.90 Å². The maximum Gasteiger partial charge on any atom is 0.410 e. The first-order valence-corrected chi connectivity index (χ1v) is 4.95. The summed E-state index contributed by atoms with van der Waals surface area (Å²) in [6, 6.07) is -0.280. The van der Waals surface area contributed by atoms with Gasteiger partial charge in [0.15, 0.2) is 0 Å². The maximum atomic E-state index is 11.5. The Morgan fingerprint density at radius 1 is 1.40 bits per heavy atom. The highest BCUT2D eigenvalue weighted by Gasteiger charge is 2.44. The number of aliphatic carboxylic acids is 1. The smallest absolute Gasteiger partial charge is 0.410 e. The molecule has 1 aliphatic heterocycles. The third kappa shape index (κ3) is 2.61. The third-order valence-electron chi connectivity index (χ3n) is 2.41. The Balaban J connectivity index is 2.49. The average Bonchev–Trinajstić information content (AvgIpc) is 1.97. The van der Waals surface area contributed by atoms with E-state index in [0.717, 1.165) is 0 Å². The minimum atomic E-state index is -0.859. The fourth-order valence-corrected chi connectivity index (χ4v) is 1.46. The molecule has 0 aromatic heterocycles. The van der Waals surface area contributed by atoms with Gasteiger partial charge in [-0.3, -0.25) is 4.79 Å². The van der Waals surface area contributed by atoms with Gasteiger partial charge in [-0.1, -0.05) is 0 Å². The number of likely N-dealkylation sites (tertiary alicyclic amines) is 1. The molecule has 2 atom stereocenters. The van der Waals surface area contributed by atoms with Crippen molar-refractivity contribution < 1.29 is 19.4 Å². The van der Waals surface area contributed by atoms with Crippen molar-refractivity contribution in [2.45, 2.75) is 39.3 Å². The molecule has 15 heavy (non-hydrogen) atoms. The van der Waals surface area contributed by atoms with Crippen molar-refractivity contribution in [2.75, 3.05) is 6.54 Å². The standard InChI is InChI=1S/C10H17NO4/c1-6-7(8(12)13)5-11(6)9(14)15-10(2,3)4/h6-7H,5H2,1-4H3,(H,12,13)/t6-,7?/m0/s1. The second-order valence-electron chi connectivity index (χ2n) is 4.82. The van der Waals surface area contributed by atoms with Crippen molar-refractivity contribution in [2.24, 2.45) is 5.92 Å². The van der Waals surface area contributed by atoms with E-state index in [1.807, 2.05) is 0 Å². The summed E-state index contributed by atoms with van der Waals surface area (Å²) < 4.78 is 5.13. The number of carboxylic acid groups (broad SMARTS) is 1. The van der Waals surface area contributed by atoms with Crippen molar-refractivity contribution in [3.05, 3.63) is 0 Å². The Morgan fingerprint density at radius 2 is 1.93 bits per heavy atom. The Bertz CT molecular complexity index is 282. The lowest BCUT2D eigenvalue weighted by Gasteiger charge is -2.43. The molecular formula is C10H17NO4. The fourth-order valence-electron chi connectivity index (χ4n) is 1.46. The summed E-state index contributed by atoms with van der Waals surface area (Å²) in [5.74, 6) is -1.32. The maximum absolute atomic E-state index is 11.5. The Morgan fingerprint density at radius 3 is 2.27 bits per heavy atom. The van der Waals surface area contributed by atoms with E-state index in [2.05, 4.69) is 0 Å². The summed E-state index contributed by atoms with van der Waals surface area (Å²) in [7, 11) is 0. The molecule has 0 saturated carbocycles. The van der Waals surface area contributed by atoms with E-state index < -0.39 is 23.6 Å². The number of ether oxygens (including phenoxy) is 1. The second-order valence-corrected chi connectivity index (χ2v) is 4.82. The van der Waals surface area contributed by atoms with Crippen molar-refractivity contribution >= 4 is 12.1 Å². The van der Waals surface area contributed by atoms with Gasteiger partial charge in [0.05, 0.1) is 5.92 Å². The predicted molar refractivity (Wildman–Crippen MR) is 53.5 cm³/mol. The zero-order valence-corrected chi connectivity index (χ0v) is 9.48. The predicted octanol–water partition coefficient (Wildman–Crippen LogP) is 1.33. The molecule has 1 heterocycles. The third-order valence-corrected chi connectivity index (χ3v) is 2.41. The fraction of sp³-hybridized carbons (Fsp3) is 0.800. The largest absolute Gasteiger partial charge is 0.481 e. The molecule has 1 unspecified atom stereocenters. The van der Waals surface area contributed by atoms with Gasteiger partial charge in [-0.25, -0.2) is 4.79 Å². The zero-order valence-electron chi connectivity index (χ0n) is 9.48. The summed E-state index contributed by atoms with van der Waals surface area (Å²) in [4.78, 5) is 23.6. The molecular weight excluding hydrogens is 198 g/mol. The van der Waals surface area contributed by atoms with E-state index >= 15 is 0 Å². The molecule has 1 fully saturated rings. The van der Waals surface area contributed by atoms with Crippen LogP contribution in [0.25, 0.3) is 0 Å². The number of nitrogens with zero attached hydrogens (tertiary/aromatic N) is 1. The van der Waals surface area contributed by atoms with Crippen LogP contribution in [-0.2, 0) is 9.53 Å². The summed E-state index contributed by atoms with van der Waals surface area (Å²) in [6.07, 6.45) is -0.438. The molecule has 0 aromatic carbocycles. The Kier molecular flexibility index (Phi) is 2.93. The number of amides is 1. The van der Waals surface area contributed by atoms with Crippen LogP contribution in [-0.4, -0.2) is 40.3 Å². The van der Waals surface area contributed by atoms with Crippen molar-refractivity contribution in [1.29, 1.82) is 0 Å². The summed E-state index contributed by atoms with van der Waals surface area (Å²) in [5, 5.41) is 8.76. The monoisotopic (exact) mass is 215 g/mol. The lowest BCUT2D eigenvalue weighted by molar-refractivity contribution is -0.150. The van der Waals surface area contributed by atoms with Crippen molar-refractivity contribution in [3.8, 4) is 0 Å². The van der Waals surface area contributed by atoms with E-state index in [1.165, 1.54) is 4.90 Å². The number of hydrogen-bond acceptors (Lipinski definition) is 3. The lowest BCUT2D eigenvalue weighted by atomic mass is 9.91. The van der Waals surface area contributed by atoms with Gasteiger partial charge in [0.1, 0.15) is 5.60 Å². The molecule has 1 amide bonds. The molecule has 5 heteroatoms. The van der Waals surface area contributed by atoms with Gasteiger partial charge in [-0.05, 0) is 27.7 Å². The van der Waals surface area contributed by atoms with Crippen LogP contribution in [0, 0.1) is 5.92 Å². The minimum absolute atomic E-state index is 0.241. The highest BCUT2D eigenvalue weighted by molar-refractivity contribution is 5.77. The molecule has 0 bridgehead atoms. The molecule has 1 rings (SSSR count). The highest BCUT2D eigenvalue weighted by atomic mass is 16.6. The number of carbonyl (C=O) groups excluding carboxylic acids is 1. The topological polar surface area (TPSA) is 66.8 Å². The summed E-state index contributed by atoms with van der Waals surface area (Å²) in [5.41, 5.74) is -0.537. The Labute approximate surface area is 89.0 Å². The van der Waals surface area contributed by atoms with Gasteiger partial charge in [-0.2, -0.15) is 0 Å². The van der Waals surface area contributed by atoms with Crippen LogP contribution in [0.15, 0.2) is 0 Å². The SMILES string of the molecule is C[C@H]1C(C(=O)O)CN1C(=O)OC(C)(C)C. The molecule has 0 spiro atoms. The van der Waals surface area contributed by atoms with E-state index in [0.29, 0.717) is 0 Å². The second kappa shape index (κ2) is 3.72. The van der Waals surface area contributed by atoms with Gasteiger partial charge in [0.25, 0.3) is 0 Å². The van der Waals surface area contributed by atoms with E-state index in [-0.39, 0.29) is 12.6 Å². The first kappa shape index (κ1) is 11.8. The van der Waals surface area contributed by atoms with Gasteiger partial charge in [-0.15, -0.1) is 0 Å². The van der Waals surface area contributed by atoms with E-state index in [4.69, 9.17) is 9.84 Å². The van der Waals surface area contributed by atoms with Gasteiger partial charge < -0.3 is 14.7 Å². The molecule has 0 aliphatic carbocycles. The molecule has 0 aromatic rings. The highest BCUT2D eigenvalue weighted by Crippen LogP contribution is 2.26. The van der Waals surface area contributed by atoms with Crippen LogP contribution < -0.4 is 0 Å². The number of rotatable bonds is 1. The number of carbonyl (C=O) groups is 2. The number of hydrogen-bond donors (Lipinski definition) is 1. The van der Waals surface area contributed by atoms with Crippen LogP contribution in [0.1, 0.15) is 27.7 Å². The zero-order chi connectivity index (χ0) is 11.8. The average molecular weight is 215 g/mol. The molecule has 1 N–H and O–H groups in total. The van der Waals surface area contributed by atoms with Gasteiger partial charge >= 0.3 is 12.1 Å². The van der Waals surface area contributed by atoms with E-state index in [9.17, 15) is 9.59 Å². The summed E-state index contributed by atoms with van der Waals surface area (Å²) in [6.45, 7) is 7.30. The molecule has 5 nitrogen and oxygen atoms in total. The lowest BCUT2D eigenvalue weighted by Crippen LogP contribution is -2.60. The van der Waals surface area contributed by atoms with Crippen LogP contribution in [0.4, 0.5) is 4.79 Å². The normalized spacial score (nSPS) is 25.7. The van der Waals surface area contributed by atoms with Gasteiger partial charge in [0.2, 0.25) is 0 Å². The first-order valence-electron chi connectivity index (χ1n) is 4.95. The van der Waals surface area contributed by atoms with Gasteiger partial charge in [0, 0.05) is 12.6 Å². The van der Waals surface area contributed by atoms with Crippen LogP contribution in [0.5, 0.6) is 0 Å². The Hall–Kier alpha value is -1.26. The molecule has 86 valence electrons.